The molecule has 0 spiro atoms. The first kappa shape index (κ1) is 14.2. The van der Waals surface area contributed by atoms with Crippen LogP contribution in [0, 0.1) is 0 Å². The summed E-state index contributed by atoms with van der Waals surface area (Å²) in [7, 11) is 0. The molecule has 1 aromatic heterocycles. The minimum Gasteiger partial charge on any atom is -0.344 e. The number of hydrogen-bond acceptors (Lipinski definition) is 0. The Labute approximate surface area is 117 Å². The average molecular weight is 257 g/mol. The summed E-state index contributed by atoms with van der Waals surface area (Å²) in [6, 6.07) is 11.6. The van der Waals surface area contributed by atoms with E-state index in [0.717, 1.165) is 0 Å². The number of benzene rings is 1. The van der Waals surface area contributed by atoms with Gasteiger partial charge >= 0.3 is 0 Å². The molecule has 1 unspecified atom stereocenters. The van der Waals surface area contributed by atoms with E-state index >= 15 is 0 Å². The van der Waals surface area contributed by atoms with Crippen LogP contribution in [0.25, 0.3) is 10.9 Å². The highest BCUT2D eigenvalue weighted by Gasteiger charge is 2.10. The Kier molecular flexibility index (Phi) is 5.50. The Balaban J connectivity index is 1.97. The summed E-state index contributed by atoms with van der Waals surface area (Å²) in [5.41, 5.74) is 1.39. The van der Waals surface area contributed by atoms with Gasteiger partial charge in [0.2, 0.25) is 0 Å². The third kappa shape index (κ3) is 3.62. The fourth-order valence-electron chi connectivity index (χ4n) is 2.95. The number of nitrogens with zero attached hydrogens (tertiary/aromatic N) is 1. The minimum absolute atomic E-state index is 0.668. The van der Waals surface area contributed by atoms with Crippen LogP contribution >= 0.6 is 0 Å². The molecule has 0 aliphatic carbocycles. The molecule has 1 nitrogen and oxygen atoms in total. The average Bonchev–Trinajstić information content (AvgIpc) is 2.87. The monoisotopic (exact) mass is 257 g/mol. The Bertz CT molecular complexity index is 483. The second-order valence-electron chi connectivity index (χ2n) is 5.55. The third-order valence-corrected chi connectivity index (χ3v) is 4.14. The number of unbranched alkanes of at least 4 members (excludes halogenated alkanes) is 4. The van der Waals surface area contributed by atoms with Crippen LogP contribution in [0.3, 0.4) is 0 Å². The van der Waals surface area contributed by atoms with E-state index in [1.807, 2.05) is 0 Å². The van der Waals surface area contributed by atoms with Crippen LogP contribution in [0.1, 0.15) is 64.8 Å². The summed E-state index contributed by atoms with van der Waals surface area (Å²) in [4.78, 5) is 0. The number of rotatable bonds is 8. The van der Waals surface area contributed by atoms with E-state index in [2.05, 4.69) is 54.9 Å². The van der Waals surface area contributed by atoms with Gasteiger partial charge in [-0.15, -0.1) is 0 Å². The molecule has 0 radical (unpaired) electrons. The zero-order valence-corrected chi connectivity index (χ0v) is 12.4. The summed E-state index contributed by atoms with van der Waals surface area (Å²) in [6.07, 6.45) is 11.7. The lowest BCUT2D eigenvalue weighted by Crippen LogP contribution is -2.06. The van der Waals surface area contributed by atoms with E-state index in [0.29, 0.717) is 6.04 Å². The van der Waals surface area contributed by atoms with Gasteiger partial charge in [0.05, 0.1) is 0 Å². The Hall–Kier alpha value is -1.24. The van der Waals surface area contributed by atoms with Gasteiger partial charge in [0.15, 0.2) is 0 Å². The second-order valence-corrected chi connectivity index (χ2v) is 5.55. The molecule has 2 rings (SSSR count). The molecule has 0 fully saturated rings. The zero-order chi connectivity index (χ0) is 13.5. The lowest BCUT2D eigenvalue weighted by Gasteiger charge is -2.18. The van der Waals surface area contributed by atoms with Gasteiger partial charge < -0.3 is 4.57 Å². The third-order valence-electron chi connectivity index (χ3n) is 4.14. The molecule has 1 atom stereocenters. The maximum absolute atomic E-state index is 2.48. The molecule has 0 aliphatic rings. The molecule has 0 saturated carbocycles. The Morgan fingerprint density at radius 1 is 0.947 bits per heavy atom. The van der Waals surface area contributed by atoms with Gasteiger partial charge in [0.25, 0.3) is 0 Å². The maximum atomic E-state index is 2.48. The van der Waals surface area contributed by atoms with Crippen molar-refractivity contribution in [2.75, 3.05) is 0 Å². The van der Waals surface area contributed by atoms with Crippen LogP contribution in [-0.2, 0) is 0 Å². The first-order valence-electron chi connectivity index (χ1n) is 7.92. The van der Waals surface area contributed by atoms with Gasteiger partial charge in [-0.1, -0.05) is 64.2 Å². The van der Waals surface area contributed by atoms with Crippen molar-refractivity contribution < 1.29 is 0 Å². The molecule has 104 valence electrons. The van der Waals surface area contributed by atoms with Crippen molar-refractivity contribution in [3.05, 3.63) is 36.5 Å². The van der Waals surface area contributed by atoms with Crippen LogP contribution in [0.15, 0.2) is 36.5 Å². The van der Waals surface area contributed by atoms with Crippen molar-refractivity contribution in [3.63, 3.8) is 0 Å². The molecular weight excluding hydrogens is 230 g/mol. The smallest absolute Gasteiger partial charge is 0.0482 e. The maximum Gasteiger partial charge on any atom is 0.0482 e. The summed E-state index contributed by atoms with van der Waals surface area (Å²) in [5, 5.41) is 1.37. The van der Waals surface area contributed by atoms with Gasteiger partial charge in [-0.3, -0.25) is 0 Å². The van der Waals surface area contributed by atoms with Crippen LogP contribution < -0.4 is 0 Å². The number of para-hydroxylation sites is 1. The van der Waals surface area contributed by atoms with Gasteiger partial charge in [-0.05, 0) is 30.4 Å². The first-order valence-corrected chi connectivity index (χ1v) is 7.92. The fourth-order valence-corrected chi connectivity index (χ4v) is 2.95. The number of aromatic nitrogens is 1. The first-order chi connectivity index (χ1) is 9.36. The van der Waals surface area contributed by atoms with Crippen molar-refractivity contribution >= 4 is 10.9 Å². The highest BCUT2D eigenvalue weighted by molar-refractivity contribution is 5.80. The van der Waals surface area contributed by atoms with Gasteiger partial charge in [-0.25, -0.2) is 0 Å². The molecule has 1 heterocycles. The highest BCUT2D eigenvalue weighted by Crippen LogP contribution is 2.26. The molecule has 1 heteroatoms. The quantitative estimate of drug-likeness (QED) is 0.515. The van der Waals surface area contributed by atoms with Crippen molar-refractivity contribution in [2.24, 2.45) is 0 Å². The standard InChI is InChI=1S/C18H27N/c1-3-5-6-7-8-12-17(4-2)19-15-14-16-11-9-10-13-18(16)19/h9-11,13-15,17H,3-8,12H2,1-2H3. The molecule has 2 aromatic rings. The molecule has 1 aromatic carbocycles. The largest absolute Gasteiger partial charge is 0.344 e. The number of hydrogen-bond donors (Lipinski definition) is 0. The van der Waals surface area contributed by atoms with Gasteiger partial charge in [-0.2, -0.15) is 0 Å². The summed E-state index contributed by atoms with van der Waals surface area (Å²) in [6.45, 7) is 4.59. The molecule has 0 aliphatic heterocycles. The SMILES string of the molecule is CCCCCCCC(CC)n1ccc2ccccc21. The van der Waals surface area contributed by atoms with E-state index in [4.69, 9.17) is 0 Å². The van der Waals surface area contributed by atoms with E-state index in [-0.39, 0.29) is 0 Å². The Morgan fingerprint density at radius 3 is 2.53 bits per heavy atom. The zero-order valence-electron chi connectivity index (χ0n) is 12.4. The normalized spacial score (nSPS) is 12.9. The molecule has 0 N–H and O–H groups in total. The lowest BCUT2D eigenvalue weighted by atomic mass is 10.0. The summed E-state index contributed by atoms with van der Waals surface area (Å²) < 4.78 is 2.48. The van der Waals surface area contributed by atoms with E-state index < -0.39 is 0 Å². The Morgan fingerprint density at radius 2 is 1.74 bits per heavy atom. The predicted octanol–water partition coefficient (Wildman–Crippen LogP) is 5.95. The predicted molar refractivity (Wildman–Crippen MR) is 84.6 cm³/mol. The van der Waals surface area contributed by atoms with Crippen molar-refractivity contribution in [1.82, 2.24) is 4.57 Å². The van der Waals surface area contributed by atoms with Crippen LogP contribution in [0.2, 0.25) is 0 Å². The van der Waals surface area contributed by atoms with Crippen LogP contribution in [0.5, 0.6) is 0 Å². The summed E-state index contributed by atoms with van der Waals surface area (Å²) >= 11 is 0. The highest BCUT2D eigenvalue weighted by atomic mass is 15.0. The van der Waals surface area contributed by atoms with Crippen molar-refractivity contribution in [3.8, 4) is 0 Å². The molecule has 0 saturated heterocycles. The molecular formula is C18H27N. The van der Waals surface area contributed by atoms with E-state index in [1.54, 1.807) is 0 Å². The van der Waals surface area contributed by atoms with E-state index in [1.165, 1.54) is 55.8 Å². The molecule has 19 heavy (non-hydrogen) atoms. The topological polar surface area (TPSA) is 4.93 Å². The molecule has 0 bridgehead atoms. The number of fused-ring (bicyclic) bond motifs is 1. The minimum atomic E-state index is 0.668. The fraction of sp³-hybridized carbons (Fsp3) is 0.556. The van der Waals surface area contributed by atoms with E-state index in [9.17, 15) is 0 Å². The van der Waals surface area contributed by atoms with Crippen LogP contribution in [-0.4, -0.2) is 4.57 Å². The second kappa shape index (κ2) is 7.37. The molecule has 0 amide bonds. The van der Waals surface area contributed by atoms with Crippen molar-refractivity contribution in [2.45, 2.75) is 64.8 Å². The van der Waals surface area contributed by atoms with Crippen LogP contribution in [0.4, 0.5) is 0 Å². The summed E-state index contributed by atoms with van der Waals surface area (Å²) in [5.74, 6) is 0. The van der Waals surface area contributed by atoms with Gasteiger partial charge in [0, 0.05) is 17.8 Å². The van der Waals surface area contributed by atoms with Crippen molar-refractivity contribution in [1.29, 1.82) is 0 Å². The lowest BCUT2D eigenvalue weighted by molar-refractivity contribution is 0.437. The van der Waals surface area contributed by atoms with Gasteiger partial charge in [0.1, 0.15) is 0 Å².